The van der Waals surface area contributed by atoms with Crippen LogP contribution in [0.1, 0.15) is 15.9 Å². The number of likely N-dealkylation sites (N-methyl/N-ethyl adjacent to an activating group) is 1. The van der Waals surface area contributed by atoms with Crippen LogP contribution in [-0.4, -0.2) is 69.5 Å². The zero-order chi connectivity index (χ0) is 22.4. The molecule has 0 saturated carbocycles. The SMILES string of the molecule is CN(Cc1ccccc1)C(=O)COC(=O)c1cc(S(=O)(=O)N2CCOCC2)ccc1Cl. The molecule has 0 atom stereocenters. The lowest BCUT2D eigenvalue weighted by molar-refractivity contribution is -0.133. The molecular weight excluding hydrogens is 444 g/mol. The van der Waals surface area contributed by atoms with Crippen molar-refractivity contribution < 1.29 is 27.5 Å². The second-order valence-electron chi connectivity index (χ2n) is 6.97. The summed E-state index contributed by atoms with van der Waals surface area (Å²) in [5.74, 6) is -1.27. The maximum atomic E-state index is 12.8. The number of amides is 1. The van der Waals surface area contributed by atoms with Crippen LogP contribution < -0.4 is 0 Å². The monoisotopic (exact) mass is 466 g/mol. The zero-order valence-electron chi connectivity index (χ0n) is 17.0. The lowest BCUT2D eigenvalue weighted by Gasteiger charge is -2.26. The standard InChI is InChI=1S/C21H23ClN2O6S/c1-23(14-16-5-3-2-4-6-16)20(25)15-30-21(26)18-13-17(7-8-19(18)22)31(27,28)24-9-11-29-12-10-24/h2-8,13H,9-12,14-15H2,1H3. The van der Waals surface area contributed by atoms with Gasteiger partial charge in [0.15, 0.2) is 6.61 Å². The van der Waals surface area contributed by atoms with Crippen LogP contribution in [0.3, 0.4) is 0 Å². The van der Waals surface area contributed by atoms with Gasteiger partial charge in [-0.25, -0.2) is 13.2 Å². The number of ether oxygens (including phenoxy) is 2. The van der Waals surface area contributed by atoms with Crippen LogP contribution in [0.15, 0.2) is 53.4 Å². The molecule has 8 nitrogen and oxygen atoms in total. The fourth-order valence-electron chi connectivity index (χ4n) is 3.02. The number of hydrogen-bond acceptors (Lipinski definition) is 6. The lowest BCUT2D eigenvalue weighted by Crippen LogP contribution is -2.40. The molecule has 3 rings (SSSR count). The molecule has 1 aliphatic heterocycles. The van der Waals surface area contributed by atoms with Crippen LogP contribution in [0, 0.1) is 0 Å². The first-order chi connectivity index (χ1) is 14.8. The molecule has 0 aliphatic carbocycles. The molecule has 1 amide bonds. The van der Waals surface area contributed by atoms with Gasteiger partial charge in [-0.15, -0.1) is 0 Å². The second kappa shape index (κ2) is 10.2. The van der Waals surface area contributed by atoms with Gasteiger partial charge in [0, 0.05) is 26.7 Å². The largest absolute Gasteiger partial charge is 0.452 e. The van der Waals surface area contributed by atoms with E-state index in [1.54, 1.807) is 7.05 Å². The van der Waals surface area contributed by atoms with Crippen molar-refractivity contribution in [1.82, 2.24) is 9.21 Å². The Morgan fingerprint density at radius 2 is 1.81 bits per heavy atom. The number of rotatable bonds is 7. The molecule has 166 valence electrons. The highest BCUT2D eigenvalue weighted by Gasteiger charge is 2.28. The smallest absolute Gasteiger partial charge is 0.340 e. The molecule has 10 heteroatoms. The third-order valence-electron chi connectivity index (χ3n) is 4.78. The molecule has 0 N–H and O–H groups in total. The van der Waals surface area contributed by atoms with Crippen LogP contribution in [-0.2, 0) is 30.8 Å². The van der Waals surface area contributed by atoms with Crippen LogP contribution in [0.4, 0.5) is 0 Å². The van der Waals surface area contributed by atoms with Crippen LogP contribution in [0.5, 0.6) is 0 Å². The maximum Gasteiger partial charge on any atom is 0.340 e. The van der Waals surface area contributed by atoms with Gasteiger partial charge in [-0.2, -0.15) is 4.31 Å². The molecule has 31 heavy (non-hydrogen) atoms. The van der Waals surface area contributed by atoms with E-state index in [1.165, 1.54) is 27.4 Å². The average molecular weight is 467 g/mol. The summed E-state index contributed by atoms with van der Waals surface area (Å²) in [6.45, 7) is 0.949. The predicted molar refractivity (Wildman–Crippen MR) is 114 cm³/mol. The zero-order valence-corrected chi connectivity index (χ0v) is 18.6. The van der Waals surface area contributed by atoms with E-state index < -0.39 is 28.5 Å². The summed E-state index contributed by atoms with van der Waals surface area (Å²) >= 11 is 6.09. The molecule has 0 bridgehead atoms. The normalized spacial score (nSPS) is 14.8. The van der Waals surface area contributed by atoms with Crippen molar-refractivity contribution in [3.63, 3.8) is 0 Å². The first-order valence-electron chi connectivity index (χ1n) is 9.61. The van der Waals surface area contributed by atoms with Crippen molar-refractivity contribution >= 4 is 33.5 Å². The summed E-state index contributed by atoms with van der Waals surface area (Å²) in [7, 11) is -2.20. The van der Waals surface area contributed by atoms with Crippen molar-refractivity contribution in [1.29, 1.82) is 0 Å². The number of carbonyl (C=O) groups is 2. The molecule has 0 spiro atoms. The van der Waals surface area contributed by atoms with E-state index in [1.807, 2.05) is 30.3 Å². The number of hydrogen-bond donors (Lipinski definition) is 0. The number of halogens is 1. The Morgan fingerprint density at radius 3 is 2.48 bits per heavy atom. The Balaban J connectivity index is 1.66. The van der Waals surface area contributed by atoms with E-state index in [-0.39, 0.29) is 28.6 Å². The van der Waals surface area contributed by atoms with Gasteiger partial charge in [-0.3, -0.25) is 4.79 Å². The molecule has 0 radical (unpaired) electrons. The first kappa shape index (κ1) is 23.2. The Labute approximate surface area is 186 Å². The van der Waals surface area contributed by atoms with Gasteiger partial charge in [-0.1, -0.05) is 41.9 Å². The van der Waals surface area contributed by atoms with Gasteiger partial charge in [0.25, 0.3) is 5.91 Å². The summed E-state index contributed by atoms with van der Waals surface area (Å²) in [5, 5.41) is 0.0380. The molecule has 0 aromatic heterocycles. The molecule has 1 saturated heterocycles. The lowest BCUT2D eigenvalue weighted by atomic mass is 10.2. The van der Waals surface area contributed by atoms with Crippen molar-refractivity contribution in [2.45, 2.75) is 11.4 Å². The Hall–Kier alpha value is -2.46. The molecule has 2 aromatic carbocycles. The number of morpholine rings is 1. The molecule has 1 fully saturated rings. The molecule has 2 aromatic rings. The van der Waals surface area contributed by atoms with Gasteiger partial charge in [-0.05, 0) is 23.8 Å². The number of benzene rings is 2. The van der Waals surface area contributed by atoms with Crippen LogP contribution in [0.25, 0.3) is 0 Å². The van der Waals surface area contributed by atoms with Crippen LogP contribution in [0.2, 0.25) is 5.02 Å². The minimum Gasteiger partial charge on any atom is -0.452 e. The van der Waals surface area contributed by atoms with Gasteiger partial charge >= 0.3 is 5.97 Å². The third kappa shape index (κ3) is 5.82. The van der Waals surface area contributed by atoms with Crippen molar-refractivity contribution in [3.8, 4) is 0 Å². The van der Waals surface area contributed by atoms with E-state index in [2.05, 4.69) is 0 Å². The summed E-state index contributed by atoms with van der Waals surface area (Å²) in [4.78, 5) is 26.2. The number of sulfonamides is 1. The average Bonchev–Trinajstić information content (AvgIpc) is 2.78. The van der Waals surface area contributed by atoms with Gasteiger partial charge < -0.3 is 14.4 Å². The molecule has 1 heterocycles. The predicted octanol–water partition coefficient (Wildman–Crippen LogP) is 2.18. The topological polar surface area (TPSA) is 93.2 Å². The van der Waals surface area contributed by atoms with Crippen molar-refractivity contribution in [3.05, 3.63) is 64.7 Å². The summed E-state index contributed by atoms with van der Waals surface area (Å²) in [5.41, 5.74) is 0.822. The van der Waals surface area contributed by atoms with E-state index in [4.69, 9.17) is 21.1 Å². The van der Waals surface area contributed by atoms with E-state index >= 15 is 0 Å². The van der Waals surface area contributed by atoms with Gasteiger partial charge in [0.1, 0.15) is 0 Å². The minimum absolute atomic E-state index is 0.0380. The number of nitrogens with zero attached hydrogens (tertiary/aromatic N) is 2. The summed E-state index contributed by atoms with van der Waals surface area (Å²) in [6.07, 6.45) is 0. The number of carbonyl (C=O) groups excluding carboxylic acids is 2. The highest BCUT2D eigenvalue weighted by atomic mass is 35.5. The number of esters is 1. The Kier molecular flexibility index (Phi) is 7.66. The van der Waals surface area contributed by atoms with E-state index in [0.29, 0.717) is 19.8 Å². The maximum absolute atomic E-state index is 12.8. The van der Waals surface area contributed by atoms with Gasteiger partial charge in [0.2, 0.25) is 10.0 Å². The third-order valence-corrected chi connectivity index (χ3v) is 7.00. The van der Waals surface area contributed by atoms with Crippen LogP contribution >= 0.6 is 11.6 Å². The quantitative estimate of drug-likeness (QED) is 0.580. The first-order valence-corrected chi connectivity index (χ1v) is 11.4. The molecule has 0 unspecified atom stereocenters. The van der Waals surface area contributed by atoms with E-state index in [0.717, 1.165) is 5.56 Å². The minimum atomic E-state index is -3.80. The van der Waals surface area contributed by atoms with Crippen molar-refractivity contribution in [2.24, 2.45) is 0 Å². The molecule has 1 aliphatic rings. The Bertz CT molecular complexity index is 1040. The highest BCUT2D eigenvalue weighted by Crippen LogP contribution is 2.24. The fourth-order valence-corrected chi connectivity index (χ4v) is 4.65. The van der Waals surface area contributed by atoms with E-state index in [9.17, 15) is 18.0 Å². The summed E-state index contributed by atoms with van der Waals surface area (Å²) in [6, 6.07) is 13.2. The highest BCUT2D eigenvalue weighted by molar-refractivity contribution is 7.89. The second-order valence-corrected chi connectivity index (χ2v) is 9.31. The fraction of sp³-hybridized carbons (Fsp3) is 0.333. The summed E-state index contributed by atoms with van der Waals surface area (Å²) < 4.78 is 37.2. The Morgan fingerprint density at radius 1 is 1.13 bits per heavy atom. The molecular formula is C21H23ClN2O6S. The van der Waals surface area contributed by atoms with Crippen molar-refractivity contribution in [2.75, 3.05) is 40.0 Å². The van der Waals surface area contributed by atoms with Gasteiger partial charge in [0.05, 0.1) is 28.7 Å².